The molecule has 1 amide bonds. The van der Waals surface area contributed by atoms with E-state index >= 15 is 0 Å². The molecule has 2 aromatic rings. The molecule has 0 saturated carbocycles. The SMILES string of the molecule is COc1ccc(C(=O)OCC(=O)N2CCc3ccccc3C2)c(OC)c1. The molecule has 0 radical (unpaired) electrons. The highest BCUT2D eigenvalue weighted by Gasteiger charge is 2.22. The van der Waals surface area contributed by atoms with Crippen LogP contribution in [0.4, 0.5) is 0 Å². The first-order valence-electron chi connectivity index (χ1n) is 8.36. The molecule has 6 heteroatoms. The summed E-state index contributed by atoms with van der Waals surface area (Å²) in [4.78, 5) is 26.4. The summed E-state index contributed by atoms with van der Waals surface area (Å²) in [5.74, 6) is 0.103. The van der Waals surface area contributed by atoms with Crippen molar-refractivity contribution in [2.75, 3.05) is 27.4 Å². The second-order valence-electron chi connectivity index (χ2n) is 5.98. The second-order valence-corrected chi connectivity index (χ2v) is 5.98. The summed E-state index contributed by atoms with van der Waals surface area (Å²) in [6, 6.07) is 12.9. The van der Waals surface area contributed by atoms with Crippen molar-refractivity contribution in [3.63, 3.8) is 0 Å². The molecule has 0 saturated heterocycles. The monoisotopic (exact) mass is 355 g/mol. The first kappa shape index (κ1) is 17.8. The molecule has 0 unspecified atom stereocenters. The zero-order valence-electron chi connectivity index (χ0n) is 14.9. The number of nitrogens with zero attached hydrogens (tertiary/aromatic N) is 1. The van der Waals surface area contributed by atoms with Crippen LogP contribution in [0, 0.1) is 0 Å². The van der Waals surface area contributed by atoms with Gasteiger partial charge < -0.3 is 19.1 Å². The summed E-state index contributed by atoms with van der Waals surface area (Å²) in [5.41, 5.74) is 2.65. The molecule has 1 heterocycles. The summed E-state index contributed by atoms with van der Waals surface area (Å²) in [6.45, 7) is 0.869. The fourth-order valence-corrected chi connectivity index (χ4v) is 2.97. The van der Waals surface area contributed by atoms with Gasteiger partial charge in [0.25, 0.3) is 5.91 Å². The number of esters is 1. The van der Waals surface area contributed by atoms with Crippen molar-refractivity contribution in [3.05, 3.63) is 59.2 Å². The van der Waals surface area contributed by atoms with Crippen molar-refractivity contribution in [2.45, 2.75) is 13.0 Å². The highest BCUT2D eigenvalue weighted by Crippen LogP contribution is 2.25. The number of hydrogen-bond donors (Lipinski definition) is 0. The van der Waals surface area contributed by atoms with E-state index in [1.54, 1.807) is 23.1 Å². The lowest BCUT2D eigenvalue weighted by molar-refractivity contribution is -0.135. The largest absolute Gasteiger partial charge is 0.497 e. The standard InChI is InChI=1S/C20H21NO5/c1-24-16-7-8-17(18(11-16)25-2)20(23)26-13-19(22)21-10-9-14-5-3-4-6-15(14)12-21/h3-8,11H,9-10,12-13H2,1-2H3. The maximum atomic E-state index is 12.4. The van der Waals surface area contributed by atoms with Gasteiger partial charge in [-0.1, -0.05) is 24.3 Å². The van der Waals surface area contributed by atoms with Gasteiger partial charge in [-0.05, 0) is 29.7 Å². The molecule has 0 aliphatic carbocycles. The van der Waals surface area contributed by atoms with E-state index in [2.05, 4.69) is 6.07 Å². The van der Waals surface area contributed by atoms with E-state index < -0.39 is 5.97 Å². The Kier molecular flexibility index (Phi) is 5.41. The second kappa shape index (κ2) is 7.91. The van der Waals surface area contributed by atoms with Crippen LogP contribution < -0.4 is 9.47 Å². The van der Waals surface area contributed by atoms with Gasteiger partial charge in [-0.3, -0.25) is 4.79 Å². The number of amides is 1. The van der Waals surface area contributed by atoms with Crippen LogP contribution in [-0.4, -0.2) is 44.1 Å². The number of rotatable bonds is 5. The zero-order chi connectivity index (χ0) is 18.5. The Morgan fingerprint density at radius 2 is 1.81 bits per heavy atom. The van der Waals surface area contributed by atoms with E-state index in [0.29, 0.717) is 24.6 Å². The smallest absolute Gasteiger partial charge is 0.342 e. The highest BCUT2D eigenvalue weighted by atomic mass is 16.5. The summed E-state index contributed by atoms with van der Waals surface area (Å²) >= 11 is 0. The topological polar surface area (TPSA) is 65.1 Å². The number of carbonyl (C=O) groups excluding carboxylic acids is 2. The third kappa shape index (κ3) is 3.79. The van der Waals surface area contributed by atoms with E-state index in [-0.39, 0.29) is 18.1 Å². The van der Waals surface area contributed by atoms with Crippen molar-refractivity contribution in [1.82, 2.24) is 4.90 Å². The Hall–Kier alpha value is -3.02. The molecule has 26 heavy (non-hydrogen) atoms. The van der Waals surface area contributed by atoms with E-state index in [4.69, 9.17) is 14.2 Å². The average molecular weight is 355 g/mol. The fraction of sp³-hybridized carbons (Fsp3) is 0.300. The first-order chi connectivity index (χ1) is 12.6. The maximum absolute atomic E-state index is 12.4. The van der Waals surface area contributed by atoms with Crippen LogP contribution in [0.3, 0.4) is 0 Å². The van der Waals surface area contributed by atoms with Crippen LogP contribution in [-0.2, 0) is 22.5 Å². The molecule has 6 nitrogen and oxygen atoms in total. The number of carbonyl (C=O) groups is 2. The van der Waals surface area contributed by atoms with Crippen LogP contribution in [0.2, 0.25) is 0 Å². The van der Waals surface area contributed by atoms with E-state index in [9.17, 15) is 9.59 Å². The number of methoxy groups -OCH3 is 2. The molecule has 0 spiro atoms. The van der Waals surface area contributed by atoms with Gasteiger partial charge in [0.15, 0.2) is 6.61 Å². The van der Waals surface area contributed by atoms with Crippen molar-refractivity contribution in [2.24, 2.45) is 0 Å². The molecule has 2 aromatic carbocycles. The lowest BCUT2D eigenvalue weighted by atomic mass is 10.00. The molecule has 1 aliphatic rings. The molecule has 0 fully saturated rings. The number of fused-ring (bicyclic) bond motifs is 1. The average Bonchev–Trinajstić information content (AvgIpc) is 2.70. The van der Waals surface area contributed by atoms with Crippen molar-refractivity contribution in [1.29, 1.82) is 0 Å². The van der Waals surface area contributed by atoms with Gasteiger partial charge in [0.1, 0.15) is 17.1 Å². The Balaban J connectivity index is 1.61. The van der Waals surface area contributed by atoms with Gasteiger partial charge in [-0.2, -0.15) is 0 Å². The molecule has 0 atom stereocenters. The predicted octanol–water partition coefficient (Wildman–Crippen LogP) is 2.45. The minimum Gasteiger partial charge on any atom is -0.497 e. The van der Waals surface area contributed by atoms with Gasteiger partial charge >= 0.3 is 5.97 Å². The molecule has 0 aromatic heterocycles. The summed E-state index contributed by atoms with van der Waals surface area (Å²) in [5, 5.41) is 0. The molecular formula is C20H21NO5. The zero-order valence-corrected chi connectivity index (χ0v) is 14.9. The quantitative estimate of drug-likeness (QED) is 0.771. The molecule has 1 aliphatic heterocycles. The van der Waals surface area contributed by atoms with Gasteiger partial charge in [-0.25, -0.2) is 4.79 Å². The molecular weight excluding hydrogens is 334 g/mol. The molecule has 136 valence electrons. The molecule has 3 rings (SSSR count). The normalized spacial score (nSPS) is 12.9. The Bertz CT molecular complexity index is 818. The fourth-order valence-electron chi connectivity index (χ4n) is 2.97. The minimum atomic E-state index is -0.602. The molecule has 0 N–H and O–H groups in total. The Labute approximate surface area is 152 Å². The van der Waals surface area contributed by atoms with E-state index in [1.165, 1.54) is 19.8 Å². The van der Waals surface area contributed by atoms with Gasteiger partial charge in [-0.15, -0.1) is 0 Å². The molecule has 0 bridgehead atoms. The van der Waals surface area contributed by atoms with Crippen LogP contribution >= 0.6 is 0 Å². The third-order valence-electron chi connectivity index (χ3n) is 4.44. The highest BCUT2D eigenvalue weighted by molar-refractivity contribution is 5.94. The van der Waals surface area contributed by atoms with Crippen molar-refractivity contribution >= 4 is 11.9 Å². The van der Waals surface area contributed by atoms with Gasteiger partial charge in [0.05, 0.1) is 14.2 Å². The summed E-state index contributed by atoms with van der Waals surface area (Å²) < 4.78 is 15.5. The minimum absolute atomic E-state index is 0.208. The summed E-state index contributed by atoms with van der Waals surface area (Å²) in [7, 11) is 2.99. The Morgan fingerprint density at radius 1 is 1.04 bits per heavy atom. The summed E-state index contributed by atoms with van der Waals surface area (Å²) in [6.07, 6.45) is 0.808. The van der Waals surface area contributed by atoms with Crippen LogP contribution in [0.5, 0.6) is 11.5 Å². The van der Waals surface area contributed by atoms with Crippen molar-refractivity contribution in [3.8, 4) is 11.5 Å². The number of benzene rings is 2. The first-order valence-corrected chi connectivity index (χ1v) is 8.36. The lowest BCUT2D eigenvalue weighted by Crippen LogP contribution is -2.38. The van der Waals surface area contributed by atoms with Crippen LogP contribution in [0.15, 0.2) is 42.5 Å². The van der Waals surface area contributed by atoms with Crippen molar-refractivity contribution < 1.29 is 23.8 Å². The predicted molar refractivity (Wildman–Crippen MR) is 95.4 cm³/mol. The van der Waals surface area contributed by atoms with Crippen LogP contribution in [0.25, 0.3) is 0 Å². The van der Waals surface area contributed by atoms with Gasteiger partial charge in [0, 0.05) is 19.2 Å². The lowest BCUT2D eigenvalue weighted by Gasteiger charge is -2.28. The number of hydrogen-bond acceptors (Lipinski definition) is 5. The van der Waals surface area contributed by atoms with E-state index in [1.807, 2.05) is 18.2 Å². The Morgan fingerprint density at radius 3 is 2.54 bits per heavy atom. The number of ether oxygens (including phenoxy) is 3. The van der Waals surface area contributed by atoms with Gasteiger partial charge in [0.2, 0.25) is 0 Å². The van der Waals surface area contributed by atoms with E-state index in [0.717, 1.165) is 12.0 Å². The van der Waals surface area contributed by atoms with Crippen LogP contribution in [0.1, 0.15) is 21.5 Å². The third-order valence-corrected chi connectivity index (χ3v) is 4.44. The maximum Gasteiger partial charge on any atom is 0.342 e.